The molecule has 128 valence electrons. The van der Waals surface area contributed by atoms with Crippen molar-refractivity contribution in [2.45, 2.75) is 12.1 Å². The number of rotatable bonds is 5. The van der Waals surface area contributed by atoms with E-state index in [1.54, 1.807) is 24.3 Å². The van der Waals surface area contributed by atoms with E-state index in [0.29, 0.717) is 22.0 Å². The lowest BCUT2D eigenvalue weighted by Gasteiger charge is -2.07. The minimum Gasteiger partial charge on any atom is -0.300 e. The highest BCUT2D eigenvalue weighted by molar-refractivity contribution is 7.99. The summed E-state index contributed by atoms with van der Waals surface area (Å²) in [6, 6.07) is 18.3. The summed E-state index contributed by atoms with van der Waals surface area (Å²) in [6.07, 6.45) is 0. The lowest BCUT2D eigenvalue weighted by atomic mass is 10.1. The van der Waals surface area contributed by atoms with Crippen LogP contribution in [-0.4, -0.2) is 21.5 Å². The molecule has 0 aliphatic heterocycles. The molecule has 26 heavy (non-hydrogen) atoms. The molecule has 0 saturated carbocycles. The van der Waals surface area contributed by atoms with Gasteiger partial charge in [-0.15, -0.1) is 0 Å². The molecule has 0 bridgehead atoms. The number of H-pyrrole nitrogens is 1. The van der Waals surface area contributed by atoms with E-state index in [9.17, 15) is 14.9 Å². The quantitative estimate of drug-likeness (QED) is 0.426. The largest absolute Gasteiger partial charge is 0.300 e. The predicted octanol–water partition coefficient (Wildman–Crippen LogP) is 3.59. The molecule has 0 spiro atoms. The van der Waals surface area contributed by atoms with Gasteiger partial charge in [-0.1, -0.05) is 71.9 Å². The fourth-order valence-corrected chi connectivity index (χ4v) is 3.14. The Bertz CT molecular complexity index is 1040. The van der Waals surface area contributed by atoms with Gasteiger partial charge in [0.05, 0.1) is 11.4 Å². The second-order valence-corrected chi connectivity index (χ2v) is 6.61. The van der Waals surface area contributed by atoms with Gasteiger partial charge in [-0.2, -0.15) is 5.26 Å². The van der Waals surface area contributed by atoms with Crippen LogP contribution in [0.2, 0.25) is 0 Å². The maximum Gasteiger partial charge on any atom is 0.270 e. The standard InChI is InChI=1S/C20H15N3O2S/c1-13-7-9-15(10-8-13)18-16(11-21)19(25)23-20(22-18)26-12-17(24)14-5-3-2-4-6-14/h2-10H,12H2,1H3,(H,22,23,25). The van der Waals surface area contributed by atoms with Crippen LogP contribution in [-0.2, 0) is 0 Å². The van der Waals surface area contributed by atoms with Crippen molar-refractivity contribution in [3.05, 3.63) is 81.6 Å². The Hall–Kier alpha value is -3.17. The van der Waals surface area contributed by atoms with Gasteiger partial charge in [0.2, 0.25) is 0 Å². The van der Waals surface area contributed by atoms with Crippen LogP contribution in [0.3, 0.4) is 0 Å². The van der Waals surface area contributed by atoms with E-state index in [1.165, 1.54) is 0 Å². The van der Waals surface area contributed by atoms with Gasteiger partial charge in [-0.05, 0) is 6.92 Å². The van der Waals surface area contributed by atoms with Gasteiger partial charge in [0.25, 0.3) is 5.56 Å². The third-order valence-corrected chi connectivity index (χ3v) is 4.64. The van der Waals surface area contributed by atoms with Crippen LogP contribution < -0.4 is 5.56 Å². The fourth-order valence-electron chi connectivity index (χ4n) is 2.39. The maximum absolute atomic E-state index is 12.2. The number of nitrogens with one attached hydrogen (secondary N) is 1. The molecule has 0 radical (unpaired) electrons. The minimum atomic E-state index is -0.507. The van der Waals surface area contributed by atoms with Crippen LogP contribution in [0.1, 0.15) is 21.5 Å². The van der Waals surface area contributed by atoms with E-state index >= 15 is 0 Å². The van der Waals surface area contributed by atoms with Crippen molar-refractivity contribution >= 4 is 17.5 Å². The zero-order chi connectivity index (χ0) is 18.5. The Balaban J connectivity index is 1.89. The zero-order valence-electron chi connectivity index (χ0n) is 14.0. The van der Waals surface area contributed by atoms with Crippen molar-refractivity contribution in [3.8, 4) is 17.3 Å². The van der Waals surface area contributed by atoms with Crippen molar-refractivity contribution in [2.75, 3.05) is 5.75 Å². The van der Waals surface area contributed by atoms with Gasteiger partial charge < -0.3 is 4.98 Å². The third-order valence-electron chi connectivity index (χ3n) is 3.77. The number of carbonyl (C=O) groups excluding carboxylic acids is 1. The molecule has 0 saturated heterocycles. The van der Waals surface area contributed by atoms with Crippen molar-refractivity contribution in [1.29, 1.82) is 5.26 Å². The van der Waals surface area contributed by atoms with Crippen LogP contribution in [0.15, 0.2) is 64.5 Å². The average Bonchev–Trinajstić information content (AvgIpc) is 2.67. The molecule has 0 aliphatic carbocycles. The number of aryl methyl sites for hydroxylation is 1. The number of nitrogens with zero attached hydrogens (tertiary/aromatic N) is 2. The number of benzene rings is 2. The van der Waals surface area contributed by atoms with Crippen molar-refractivity contribution in [3.63, 3.8) is 0 Å². The first-order valence-electron chi connectivity index (χ1n) is 7.91. The topological polar surface area (TPSA) is 86.6 Å². The first-order chi connectivity index (χ1) is 12.6. The first-order valence-corrected chi connectivity index (χ1v) is 8.89. The number of hydrogen-bond acceptors (Lipinski definition) is 5. The minimum absolute atomic E-state index is 0.0346. The average molecular weight is 361 g/mol. The molecule has 3 aromatic rings. The summed E-state index contributed by atoms with van der Waals surface area (Å²) < 4.78 is 0. The lowest BCUT2D eigenvalue weighted by molar-refractivity contribution is 0.102. The summed E-state index contributed by atoms with van der Waals surface area (Å²) in [7, 11) is 0. The van der Waals surface area contributed by atoms with E-state index in [2.05, 4.69) is 9.97 Å². The van der Waals surface area contributed by atoms with Crippen LogP contribution in [0.25, 0.3) is 11.3 Å². The van der Waals surface area contributed by atoms with E-state index in [4.69, 9.17) is 0 Å². The molecule has 3 rings (SSSR count). The molecule has 0 unspecified atom stereocenters. The van der Waals surface area contributed by atoms with Crippen molar-refractivity contribution < 1.29 is 4.79 Å². The molecule has 1 aromatic heterocycles. The number of ketones is 1. The summed E-state index contributed by atoms with van der Waals surface area (Å²) >= 11 is 1.14. The third kappa shape index (κ3) is 3.90. The second kappa shape index (κ2) is 7.81. The number of aromatic amines is 1. The monoisotopic (exact) mass is 361 g/mol. The molecule has 0 amide bonds. The maximum atomic E-state index is 12.2. The van der Waals surface area contributed by atoms with Gasteiger partial charge in [0.15, 0.2) is 10.9 Å². The van der Waals surface area contributed by atoms with Crippen LogP contribution in [0.5, 0.6) is 0 Å². The van der Waals surface area contributed by atoms with E-state index < -0.39 is 5.56 Å². The van der Waals surface area contributed by atoms with Gasteiger partial charge in [0.1, 0.15) is 11.6 Å². The van der Waals surface area contributed by atoms with E-state index in [1.807, 2.05) is 43.3 Å². The highest BCUT2D eigenvalue weighted by atomic mass is 32.2. The van der Waals surface area contributed by atoms with Crippen LogP contribution >= 0.6 is 11.8 Å². The van der Waals surface area contributed by atoms with Crippen molar-refractivity contribution in [2.24, 2.45) is 0 Å². The Morgan fingerprint density at radius 1 is 1.15 bits per heavy atom. The zero-order valence-corrected chi connectivity index (χ0v) is 14.8. The van der Waals surface area contributed by atoms with Crippen LogP contribution in [0, 0.1) is 18.3 Å². The van der Waals surface area contributed by atoms with Gasteiger partial charge >= 0.3 is 0 Å². The molecule has 6 heteroatoms. The van der Waals surface area contributed by atoms with Gasteiger partial charge in [-0.3, -0.25) is 9.59 Å². The first kappa shape index (κ1) is 17.6. The Kier molecular flexibility index (Phi) is 5.30. The normalized spacial score (nSPS) is 10.3. The number of hydrogen-bond donors (Lipinski definition) is 1. The van der Waals surface area contributed by atoms with Gasteiger partial charge in [0, 0.05) is 11.1 Å². The summed E-state index contributed by atoms with van der Waals surface area (Å²) in [5.41, 5.74) is 2.15. The SMILES string of the molecule is Cc1ccc(-c2nc(SCC(=O)c3ccccc3)[nH]c(=O)c2C#N)cc1. The van der Waals surface area contributed by atoms with E-state index in [-0.39, 0.29) is 17.1 Å². The molecule has 1 heterocycles. The summed E-state index contributed by atoms with van der Waals surface area (Å²) in [6.45, 7) is 1.96. The number of carbonyl (C=O) groups is 1. The molecule has 0 fully saturated rings. The predicted molar refractivity (Wildman–Crippen MR) is 101 cm³/mol. The molecule has 1 N–H and O–H groups in total. The van der Waals surface area contributed by atoms with Crippen molar-refractivity contribution in [1.82, 2.24) is 9.97 Å². The smallest absolute Gasteiger partial charge is 0.270 e. The van der Waals surface area contributed by atoms with E-state index in [0.717, 1.165) is 17.3 Å². The Labute approximate surface area is 154 Å². The highest BCUT2D eigenvalue weighted by Gasteiger charge is 2.15. The molecular weight excluding hydrogens is 346 g/mol. The fraction of sp³-hybridized carbons (Fsp3) is 0.100. The molecule has 5 nitrogen and oxygen atoms in total. The Morgan fingerprint density at radius 2 is 1.85 bits per heavy atom. The number of thioether (sulfide) groups is 1. The lowest BCUT2D eigenvalue weighted by Crippen LogP contribution is -2.15. The molecule has 0 atom stereocenters. The molecule has 2 aromatic carbocycles. The summed E-state index contributed by atoms with van der Waals surface area (Å²) in [5.74, 6) is 0.0890. The number of Topliss-reactive ketones (excluding diaryl/α,β-unsaturated/α-hetero) is 1. The summed E-state index contributed by atoms with van der Waals surface area (Å²) in [4.78, 5) is 31.4. The molecule has 0 aliphatic rings. The number of aromatic nitrogens is 2. The highest BCUT2D eigenvalue weighted by Crippen LogP contribution is 2.22. The van der Waals surface area contributed by atoms with Crippen LogP contribution in [0.4, 0.5) is 0 Å². The Morgan fingerprint density at radius 3 is 2.50 bits per heavy atom. The molecular formula is C20H15N3O2S. The second-order valence-electron chi connectivity index (χ2n) is 5.65. The van der Waals surface area contributed by atoms with Gasteiger partial charge in [-0.25, -0.2) is 4.98 Å². The number of nitriles is 1. The summed E-state index contributed by atoms with van der Waals surface area (Å²) in [5, 5.41) is 9.62.